The van der Waals surface area contributed by atoms with E-state index in [4.69, 9.17) is 0 Å². The van der Waals surface area contributed by atoms with E-state index in [1.54, 1.807) is 13.0 Å². The largest absolute Gasteiger partial charge is 0.207 e. The molecule has 0 nitrogen and oxygen atoms in total. The van der Waals surface area contributed by atoms with Crippen molar-refractivity contribution in [2.24, 2.45) is 0 Å². The summed E-state index contributed by atoms with van der Waals surface area (Å²) in [7, 11) is 3.48. The topological polar surface area (TPSA) is 0 Å². The van der Waals surface area contributed by atoms with E-state index in [0.29, 0.717) is 5.56 Å². The van der Waals surface area contributed by atoms with Gasteiger partial charge in [0.05, 0.1) is 10.2 Å². The van der Waals surface area contributed by atoms with E-state index in [2.05, 4.69) is 10.2 Å². The SMILES string of the molecule is Cc1cc2c([Si])cccc2cc1F. The summed E-state index contributed by atoms with van der Waals surface area (Å²) in [6.07, 6.45) is 0. The number of aryl methyl sites for hydroxylation is 1. The first kappa shape index (κ1) is 8.45. The quantitative estimate of drug-likeness (QED) is 0.554. The molecule has 2 rings (SSSR count). The van der Waals surface area contributed by atoms with E-state index in [1.165, 1.54) is 0 Å². The molecule has 0 unspecified atom stereocenters. The second kappa shape index (κ2) is 2.96. The molecule has 0 atom stereocenters. The van der Waals surface area contributed by atoms with Crippen molar-refractivity contribution in [1.29, 1.82) is 0 Å². The van der Waals surface area contributed by atoms with Crippen molar-refractivity contribution in [3.8, 4) is 0 Å². The summed E-state index contributed by atoms with van der Waals surface area (Å²) in [5, 5.41) is 2.98. The van der Waals surface area contributed by atoms with Crippen LogP contribution in [0.3, 0.4) is 0 Å². The summed E-state index contributed by atoms with van der Waals surface area (Å²) >= 11 is 0. The van der Waals surface area contributed by atoms with Crippen molar-refractivity contribution in [2.45, 2.75) is 6.92 Å². The fourth-order valence-corrected chi connectivity index (χ4v) is 1.72. The van der Waals surface area contributed by atoms with Crippen molar-refractivity contribution in [3.63, 3.8) is 0 Å². The van der Waals surface area contributed by atoms with Crippen LogP contribution in [0.1, 0.15) is 5.56 Å². The number of benzene rings is 2. The Kier molecular flexibility index (Phi) is 1.92. The van der Waals surface area contributed by atoms with Crippen molar-refractivity contribution >= 4 is 26.2 Å². The van der Waals surface area contributed by atoms with E-state index in [-0.39, 0.29) is 5.82 Å². The Bertz CT molecular complexity index is 463. The minimum atomic E-state index is -0.148. The van der Waals surface area contributed by atoms with Crippen LogP contribution in [-0.4, -0.2) is 10.2 Å². The second-order valence-corrected chi connectivity index (χ2v) is 3.67. The molecule has 0 heterocycles. The van der Waals surface area contributed by atoms with E-state index >= 15 is 0 Å². The van der Waals surface area contributed by atoms with Gasteiger partial charge >= 0.3 is 0 Å². The molecule has 0 aromatic heterocycles. The summed E-state index contributed by atoms with van der Waals surface area (Å²) in [6, 6.07) is 9.18. The van der Waals surface area contributed by atoms with Crippen LogP contribution in [-0.2, 0) is 0 Å². The molecule has 0 bridgehead atoms. The van der Waals surface area contributed by atoms with E-state index in [1.807, 2.05) is 24.3 Å². The maximum Gasteiger partial charge on any atom is 0.126 e. The predicted octanol–water partition coefficient (Wildman–Crippen LogP) is 2.08. The third-order valence-corrected chi connectivity index (χ3v) is 2.60. The monoisotopic (exact) mass is 187 g/mol. The first-order valence-electron chi connectivity index (χ1n) is 4.09. The van der Waals surface area contributed by atoms with Gasteiger partial charge in [-0.1, -0.05) is 23.4 Å². The first-order chi connectivity index (χ1) is 6.18. The van der Waals surface area contributed by atoms with Gasteiger partial charge in [0.15, 0.2) is 0 Å². The van der Waals surface area contributed by atoms with Gasteiger partial charge in [-0.25, -0.2) is 4.39 Å². The number of rotatable bonds is 0. The molecule has 0 aliphatic heterocycles. The summed E-state index contributed by atoms with van der Waals surface area (Å²) in [5.74, 6) is -0.148. The zero-order valence-corrected chi connectivity index (χ0v) is 8.26. The molecule has 0 amide bonds. The van der Waals surface area contributed by atoms with Crippen LogP contribution in [0.15, 0.2) is 30.3 Å². The Labute approximate surface area is 79.8 Å². The van der Waals surface area contributed by atoms with E-state index < -0.39 is 0 Å². The summed E-state index contributed by atoms with van der Waals surface area (Å²) in [6.45, 7) is 1.77. The van der Waals surface area contributed by atoms with E-state index in [9.17, 15) is 4.39 Å². The zero-order valence-electron chi connectivity index (χ0n) is 7.26. The third-order valence-electron chi connectivity index (χ3n) is 2.16. The molecular formula is C11H8FSi. The molecule has 63 valence electrons. The van der Waals surface area contributed by atoms with Gasteiger partial charge in [0.25, 0.3) is 0 Å². The maximum atomic E-state index is 13.2. The fraction of sp³-hybridized carbons (Fsp3) is 0.0909. The summed E-state index contributed by atoms with van der Waals surface area (Å²) in [4.78, 5) is 0. The standard InChI is InChI=1S/C11H8FSi/c1-7-5-9-8(6-10(7)12)3-2-4-11(9)13/h2-6H,1H3. The lowest BCUT2D eigenvalue weighted by Crippen LogP contribution is -2.03. The molecule has 0 saturated carbocycles. The average molecular weight is 187 g/mol. The Hall–Kier alpha value is -1.15. The Morgan fingerprint density at radius 1 is 1.23 bits per heavy atom. The molecule has 0 saturated heterocycles. The van der Waals surface area contributed by atoms with Gasteiger partial charge in [-0.2, -0.15) is 0 Å². The Balaban J connectivity index is 2.89. The molecule has 0 N–H and O–H groups in total. The smallest absolute Gasteiger partial charge is 0.126 e. The normalized spacial score (nSPS) is 10.7. The van der Waals surface area contributed by atoms with Crippen LogP contribution >= 0.6 is 0 Å². The van der Waals surface area contributed by atoms with Crippen LogP contribution < -0.4 is 5.19 Å². The van der Waals surface area contributed by atoms with Crippen molar-refractivity contribution in [3.05, 3.63) is 41.7 Å². The molecule has 0 aliphatic rings. The highest BCUT2D eigenvalue weighted by Crippen LogP contribution is 2.16. The molecule has 0 aliphatic carbocycles. The van der Waals surface area contributed by atoms with Gasteiger partial charge in [-0.3, -0.25) is 0 Å². The van der Waals surface area contributed by atoms with Gasteiger partial charge < -0.3 is 0 Å². The molecule has 0 fully saturated rings. The van der Waals surface area contributed by atoms with Gasteiger partial charge in [-0.05, 0) is 35.4 Å². The molecule has 13 heavy (non-hydrogen) atoms. The predicted molar refractivity (Wildman–Crippen MR) is 54.0 cm³/mol. The molecular weight excluding hydrogens is 179 g/mol. The van der Waals surface area contributed by atoms with Gasteiger partial charge in [-0.15, -0.1) is 0 Å². The zero-order chi connectivity index (χ0) is 9.42. The van der Waals surface area contributed by atoms with Crippen molar-refractivity contribution in [2.75, 3.05) is 0 Å². The molecule has 2 heteroatoms. The van der Waals surface area contributed by atoms with Crippen molar-refractivity contribution < 1.29 is 4.39 Å². The molecule has 2 aromatic carbocycles. The number of hydrogen-bond donors (Lipinski definition) is 0. The van der Waals surface area contributed by atoms with Crippen LogP contribution in [0.5, 0.6) is 0 Å². The minimum Gasteiger partial charge on any atom is -0.207 e. The molecule has 3 radical (unpaired) electrons. The Morgan fingerprint density at radius 3 is 2.77 bits per heavy atom. The lowest BCUT2D eigenvalue weighted by molar-refractivity contribution is 0.620. The van der Waals surface area contributed by atoms with Crippen LogP contribution in [0.25, 0.3) is 10.8 Å². The minimum absolute atomic E-state index is 0.148. The molecule has 0 spiro atoms. The molecule has 2 aromatic rings. The highest BCUT2D eigenvalue weighted by molar-refractivity contribution is 6.38. The second-order valence-electron chi connectivity index (χ2n) is 3.13. The van der Waals surface area contributed by atoms with E-state index in [0.717, 1.165) is 16.0 Å². The number of fused-ring (bicyclic) bond motifs is 1. The lowest BCUT2D eigenvalue weighted by Gasteiger charge is -2.03. The van der Waals surface area contributed by atoms with Crippen LogP contribution in [0, 0.1) is 12.7 Å². The van der Waals surface area contributed by atoms with Crippen molar-refractivity contribution in [1.82, 2.24) is 0 Å². The fourth-order valence-electron chi connectivity index (χ4n) is 1.41. The van der Waals surface area contributed by atoms with Gasteiger partial charge in [0, 0.05) is 0 Å². The van der Waals surface area contributed by atoms with Gasteiger partial charge in [0.2, 0.25) is 0 Å². The third kappa shape index (κ3) is 1.38. The summed E-state index contributed by atoms with van der Waals surface area (Å²) in [5.41, 5.74) is 0.679. The number of hydrogen-bond acceptors (Lipinski definition) is 0. The van der Waals surface area contributed by atoms with Crippen LogP contribution in [0.2, 0.25) is 0 Å². The average Bonchev–Trinajstić information content (AvgIpc) is 2.09. The van der Waals surface area contributed by atoms with Crippen LogP contribution in [0.4, 0.5) is 4.39 Å². The Morgan fingerprint density at radius 2 is 2.00 bits per heavy atom. The maximum absolute atomic E-state index is 13.2. The highest BCUT2D eigenvalue weighted by atomic mass is 28.1. The first-order valence-corrected chi connectivity index (χ1v) is 4.59. The highest BCUT2D eigenvalue weighted by Gasteiger charge is 2.01. The lowest BCUT2D eigenvalue weighted by atomic mass is 10.1. The summed E-state index contributed by atoms with van der Waals surface area (Å²) < 4.78 is 13.2. The van der Waals surface area contributed by atoms with Gasteiger partial charge in [0.1, 0.15) is 5.82 Å². The number of halogens is 1.